The molecule has 16 heavy (non-hydrogen) atoms. The van der Waals surface area contributed by atoms with Crippen LogP contribution in [0, 0.1) is 18.3 Å². The lowest BCUT2D eigenvalue weighted by Gasteiger charge is -2.06. The van der Waals surface area contributed by atoms with Crippen LogP contribution in [-0.4, -0.2) is 4.98 Å². The standard InChI is InChI=1S/C11H8ClN3S/c1-7-3-2-4-9(8(7)5-13)14-11-15-10(12)6-16-11/h2-4,6H,1H3,(H,14,15). The van der Waals surface area contributed by atoms with Crippen molar-refractivity contribution in [3.63, 3.8) is 0 Å². The van der Waals surface area contributed by atoms with E-state index in [1.165, 1.54) is 11.3 Å². The minimum absolute atomic E-state index is 0.457. The highest BCUT2D eigenvalue weighted by Gasteiger charge is 2.06. The molecule has 2 aromatic rings. The number of halogens is 1. The molecule has 0 aliphatic rings. The van der Waals surface area contributed by atoms with Gasteiger partial charge in [-0.05, 0) is 18.6 Å². The van der Waals surface area contributed by atoms with Gasteiger partial charge in [-0.2, -0.15) is 5.26 Å². The molecule has 80 valence electrons. The number of anilines is 2. The van der Waals surface area contributed by atoms with Crippen molar-refractivity contribution in [2.75, 3.05) is 5.32 Å². The topological polar surface area (TPSA) is 48.7 Å². The highest BCUT2D eigenvalue weighted by Crippen LogP contribution is 2.26. The molecular weight excluding hydrogens is 242 g/mol. The minimum Gasteiger partial charge on any atom is -0.330 e. The van der Waals surface area contributed by atoms with E-state index in [9.17, 15) is 0 Å². The number of thiazole rings is 1. The van der Waals surface area contributed by atoms with Crippen LogP contribution in [0.2, 0.25) is 5.15 Å². The Balaban J connectivity index is 2.35. The smallest absolute Gasteiger partial charge is 0.188 e. The molecule has 1 aromatic carbocycles. The molecule has 1 aromatic heterocycles. The number of nitrogens with zero attached hydrogens (tertiary/aromatic N) is 2. The molecule has 0 saturated carbocycles. The number of nitriles is 1. The first-order chi connectivity index (χ1) is 7.70. The summed E-state index contributed by atoms with van der Waals surface area (Å²) in [5, 5.41) is 15.0. The monoisotopic (exact) mass is 249 g/mol. The van der Waals surface area contributed by atoms with Crippen LogP contribution < -0.4 is 5.32 Å². The normalized spacial score (nSPS) is 9.81. The lowest BCUT2D eigenvalue weighted by Crippen LogP contribution is -1.94. The van der Waals surface area contributed by atoms with E-state index >= 15 is 0 Å². The van der Waals surface area contributed by atoms with Crippen molar-refractivity contribution in [2.24, 2.45) is 0 Å². The van der Waals surface area contributed by atoms with Crippen LogP contribution in [0.4, 0.5) is 10.8 Å². The quantitative estimate of drug-likeness (QED) is 0.883. The summed E-state index contributed by atoms with van der Waals surface area (Å²) in [5.74, 6) is 0. The van der Waals surface area contributed by atoms with E-state index < -0.39 is 0 Å². The van der Waals surface area contributed by atoms with Crippen molar-refractivity contribution in [2.45, 2.75) is 6.92 Å². The van der Waals surface area contributed by atoms with Crippen LogP contribution >= 0.6 is 22.9 Å². The van der Waals surface area contributed by atoms with Crippen LogP contribution in [0.25, 0.3) is 0 Å². The molecule has 0 aliphatic carbocycles. The zero-order valence-corrected chi connectivity index (χ0v) is 10.1. The molecule has 3 nitrogen and oxygen atoms in total. The maximum atomic E-state index is 9.05. The molecule has 0 saturated heterocycles. The molecule has 1 N–H and O–H groups in total. The van der Waals surface area contributed by atoms with Crippen molar-refractivity contribution in [1.82, 2.24) is 4.98 Å². The van der Waals surface area contributed by atoms with Gasteiger partial charge in [0.2, 0.25) is 0 Å². The molecule has 0 spiro atoms. The Morgan fingerprint density at radius 3 is 2.94 bits per heavy atom. The number of hydrogen-bond donors (Lipinski definition) is 1. The van der Waals surface area contributed by atoms with E-state index in [-0.39, 0.29) is 0 Å². The molecule has 0 amide bonds. The van der Waals surface area contributed by atoms with E-state index in [4.69, 9.17) is 16.9 Å². The number of nitrogens with one attached hydrogen (secondary N) is 1. The van der Waals surface area contributed by atoms with Gasteiger partial charge in [0.25, 0.3) is 0 Å². The zero-order valence-electron chi connectivity index (χ0n) is 8.49. The fourth-order valence-corrected chi connectivity index (χ4v) is 2.20. The lowest BCUT2D eigenvalue weighted by molar-refractivity contribution is 1.35. The summed E-state index contributed by atoms with van der Waals surface area (Å²) in [6.45, 7) is 1.90. The van der Waals surface area contributed by atoms with Crippen LogP contribution in [0.1, 0.15) is 11.1 Å². The van der Waals surface area contributed by atoms with E-state index in [0.29, 0.717) is 15.8 Å². The van der Waals surface area contributed by atoms with Gasteiger partial charge in [0.15, 0.2) is 5.13 Å². The Hall–Kier alpha value is -1.57. The Bertz CT molecular complexity index is 557. The first-order valence-corrected chi connectivity index (χ1v) is 5.84. The van der Waals surface area contributed by atoms with Gasteiger partial charge in [0.05, 0.1) is 11.3 Å². The third kappa shape index (κ3) is 2.16. The Morgan fingerprint density at radius 2 is 2.31 bits per heavy atom. The van der Waals surface area contributed by atoms with Gasteiger partial charge in [-0.3, -0.25) is 0 Å². The summed E-state index contributed by atoms with van der Waals surface area (Å²) in [4.78, 5) is 4.07. The number of benzene rings is 1. The number of aromatic nitrogens is 1. The molecule has 5 heteroatoms. The first-order valence-electron chi connectivity index (χ1n) is 4.58. The average Bonchev–Trinajstić information content (AvgIpc) is 2.64. The summed E-state index contributed by atoms with van der Waals surface area (Å²) in [5.41, 5.74) is 2.33. The summed E-state index contributed by atoms with van der Waals surface area (Å²) in [7, 11) is 0. The third-order valence-electron chi connectivity index (χ3n) is 2.10. The van der Waals surface area contributed by atoms with Crippen molar-refractivity contribution in [3.05, 3.63) is 39.9 Å². The number of aryl methyl sites for hydroxylation is 1. The predicted octanol–water partition coefficient (Wildman–Crippen LogP) is 3.72. The summed E-state index contributed by atoms with van der Waals surface area (Å²) < 4.78 is 0. The minimum atomic E-state index is 0.457. The second-order valence-electron chi connectivity index (χ2n) is 3.21. The fraction of sp³-hybridized carbons (Fsp3) is 0.0909. The molecule has 0 aliphatic heterocycles. The molecule has 2 rings (SSSR count). The van der Waals surface area contributed by atoms with Crippen molar-refractivity contribution >= 4 is 33.8 Å². The van der Waals surface area contributed by atoms with Gasteiger partial charge in [-0.15, -0.1) is 11.3 Å². The van der Waals surface area contributed by atoms with Crippen LogP contribution in [-0.2, 0) is 0 Å². The lowest BCUT2D eigenvalue weighted by atomic mass is 10.1. The van der Waals surface area contributed by atoms with Gasteiger partial charge in [0.1, 0.15) is 11.2 Å². The number of hydrogen-bond acceptors (Lipinski definition) is 4. The highest BCUT2D eigenvalue weighted by molar-refractivity contribution is 7.14. The molecule has 0 fully saturated rings. The summed E-state index contributed by atoms with van der Waals surface area (Å²) in [6, 6.07) is 7.82. The van der Waals surface area contributed by atoms with Crippen molar-refractivity contribution in [1.29, 1.82) is 5.26 Å². The fourth-order valence-electron chi connectivity index (χ4n) is 1.35. The van der Waals surface area contributed by atoms with Crippen LogP contribution in [0.3, 0.4) is 0 Å². The average molecular weight is 250 g/mol. The summed E-state index contributed by atoms with van der Waals surface area (Å²) in [6.07, 6.45) is 0. The molecule has 1 heterocycles. The molecule has 0 radical (unpaired) electrons. The van der Waals surface area contributed by atoms with Gasteiger partial charge < -0.3 is 5.32 Å². The van der Waals surface area contributed by atoms with E-state index in [0.717, 1.165) is 11.3 Å². The molecular formula is C11H8ClN3S. The van der Waals surface area contributed by atoms with E-state index in [1.54, 1.807) is 5.38 Å². The second kappa shape index (κ2) is 4.52. The largest absolute Gasteiger partial charge is 0.330 e. The second-order valence-corrected chi connectivity index (χ2v) is 4.46. The first kappa shape index (κ1) is 10.9. The van der Waals surface area contributed by atoms with Crippen LogP contribution in [0.5, 0.6) is 0 Å². The Labute approximate surface area is 102 Å². The van der Waals surface area contributed by atoms with Gasteiger partial charge >= 0.3 is 0 Å². The molecule has 0 unspecified atom stereocenters. The predicted molar refractivity (Wildman–Crippen MR) is 66.3 cm³/mol. The third-order valence-corrected chi connectivity index (χ3v) is 3.18. The maximum Gasteiger partial charge on any atom is 0.188 e. The van der Waals surface area contributed by atoms with Gasteiger partial charge in [0, 0.05) is 5.38 Å². The van der Waals surface area contributed by atoms with Gasteiger partial charge in [-0.1, -0.05) is 23.7 Å². The highest BCUT2D eigenvalue weighted by atomic mass is 35.5. The SMILES string of the molecule is Cc1cccc(Nc2nc(Cl)cs2)c1C#N. The zero-order chi connectivity index (χ0) is 11.5. The number of rotatable bonds is 2. The van der Waals surface area contributed by atoms with Crippen LogP contribution in [0.15, 0.2) is 23.6 Å². The van der Waals surface area contributed by atoms with E-state index in [1.807, 2.05) is 25.1 Å². The Kier molecular flexibility index (Phi) is 3.09. The maximum absolute atomic E-state index is 9.05. The molecule has 0 atom stereocenters. The Morgan fingerprint density at radius 1 is 1.50 bits per heavy atom. The van der Waals surface area contributed by atoms with Gasteiger partial charge in [-0.25, -0.2) is 4.98 Å². The summed E-state index contributed by atoms with van der Waals surface area (Å²) >= 11 is 7.13. The molecule has 0 bridgehead atoms. The van der Waals surface area contributed by atoms with Crippen molar-refractivity contribution < 1.29 is 0 Å². The van der Waals surface area contributed by atoms with E-state index in [2.05, 4.69) is 16.4 Å². The van der Waals surface area contributed by atoms with Crippen molar-refractivity contribution in [3.8, 4) is 6.07 Å².